The Morgan fingerprint density at radius 3 is 2.41 bits per heavy atom. The number of benzene rings is 1. The number of nitrogens with zero attached hydrogens (tertiary/aromatic N) is 1. The van der Waals surface area contributed by atoms with Crippen molar-refractivity contribution in [2.75, 3.05) is 19.6 Å². The molecule has 1 aliphatic carbocycles. The summed E-state index contributed by atoms with van der Waals surface area (Å²) in [7, 11) is -3.72. The summed E-state index contributed by atoms with van der Waals surface area (Å²) in [6, 6.07) is 4.56. The van der Waals surface area contributed by atoms with Crippen molar-refractivity contribution in [3.05, 3.63) is 28.8 Å². The van der Waals surface area contributed by atoms with E-state index in [0.29, 0.717) is 12.5 Å². The molecule has 0 bridgehead atoms. The minimum Gasteiger partial charge on any atom is -0.350 e. The van der Waals surface area contributed by atoms with E-state index in [9.17, 15) is 13.2 Å². The van der Waals surface area contributed by atoms with Crippen molar-refractivity contribution in [1.82, 2.24) is 14.9 Å². The second-order valence-corrected chi connectivity index (χ2v) is 9.37. The Kier molecular flexibility index (Phi) is 7.68. The number of amides is 1. The normalized spacial score (nSPS) is 16.0. The van der Waals surface area contributed by atoms with E-state index in [4.69, 9.17) is 11.6 Å². The number of carbonyl (C=O) groups is 1. The topological polar surface area (TPSA) is 78.5 Å². The van der Waals surface area contributed by atoms with Crippen LogP contribution in [-0.2, 0) is 10.0 Å². The fourth-order valence-corrected chi connectivity index (χ4v) is 4.94. The number of hydrogen-bond acceptors (Lipinski definition) is 4. The molecule has 27 heavy (non-hydrogen) atoms. The highest BCUT2D eigenvalue weighted by Crippen LogP contribution is 2.27. The van der Waals surface area contributed by atoms with Crippen LogP contribution in [0.25, 0.3) is 0 Å². The standard InChI is InChI=1S/C19H30ClN3O3S/c1-5-23(6-2)17(13(3)4)12-21-19(24)14-7-10-16(20)18(11-14)27(25,26)22-15-8-9-15/h7,10-11,13,15,17,22H,5-6,8-9,12H2,1-4H3,(H,21,24)/t17-/m0/s1. The Balaban J connectivity index is 2.13. The fraction of sp³-hybridized carbons (Fsp3) is 0.632. The van der Waals surface area contributed by atoms with Crippen LogP contribution in [0.4, 0.5) is 0 Å². The molecule has 2 rings (SSSR count). The molecule has 1 aliphatic rings. The number of hydrogen-bond donors (Lipinski definition) is 2. The van der Waals surface area contributed by atoms with Crippen molar-refractivity contribution in [3.63, 3.8) is 0 Å². The van der Waals surface area contributed by atoms with Gasteiger partial charge < -0.3 is 5.32 Å². The number of sulfonamides is 1. The largest absolute Gasteiger partial charge is 0.350 e. The van der Waals surface area contributed by atoms with Gasteiger partial charge in [-0.15, -0.1) is 0 Å². The van der Waals surface area contributed by atoms with Gasteiger partial charge in [-0.3, -0.25) is 9.69 Å². The van der Waals surface area contributed by atoms with Gasteiger partial charge in [0.25, 0.3) is 5.91 Å². The molecular formula is C19H30ClN3O3S. The molecule has 0 spiro atoms. The van der Waals surface area contributed by atoms with Crippen molar-refractivity contribution >= 4 is 27.5 Å². The number of halogens is 1. The summed E-state index contributed by atoms with van der Waals surface area (Å²) in [5.74, 6) is 0.0847. The molecule has 1 saturated carbocycles. The molecule has 0 unspecified atom stereocenters. The average Bonchev–Trinajstić information content (AvgIpc) is 3.41. The van der Waals surface area contributed by atoms with Gasteiger partial charge in [0.1, 0.15) is 4.90 Å². The Bertz CT molecular complexity index is 759. The van der Waals surface area contributed by atoms with Gasteiger partial charge in [0.2, 0.25) is 10.0 Å². The first-order valence-corrected chi connectivity index (χ1v) is 11.4. The minimum atomic E-state index is -3.72. The van der Waals surface area contributed by atoms with E-state index in [2.05, 4.69) is 42.6 Å². The zero-order valence-electron chi connectivity index (χ0n) is 16.5. The Morgan fingerprint density at radius 2 is 1.89 bits per heavy atom. The van der Waals surface area contributed by atoms with E-state index in [0.717, 1.165) is 25.9 Å². The van der Waals surface area contributed by atoms with Crippen molar-refractivity contribution < 1.29 is 13.2 Å². The Morgan fingerprint density at radius 1 is 1.26 bits per heavy atom. The van der Waals surface area contributed by atoms with Crippen LogP contribution < -0.4 is 10.0 Å². The van der Waals surface area contributed by atoms with Crippen LogP contribution in [0.1, 0.15) is 50.9 Å². The van der Waals surface area contributed by atoms with Crippen molar-refractivity contribution in [3.8, 4) is 0 Å². The molecule has 0 radical (unpaired) electrons. The van der Waals surface area contributed by atoms with E-state index >= 15 is 0 Å². The maximum absolute atomic E-state index is 12.6. The number of carbonyl (C=O) groups excluding carboxylic acids is 1. The summed E-state index contributed by atoms with van der Waals surface area (Å²) in [6.07, 6.45) is 1.66. The van der Waals surface area contributed by atoms with Gasteiger partial charge >= 0.3 is 0 Å². The van der Waals surface area contributed by atoms with E-state index < -0.39 is 10.0 Å². The quantitative estimate of drug-likeness (QED) is 0.615. The van der Waals surface area contributed by atoms with Crippen LogP contribution in [0.3, 0.4) is 0 Å². The van der Waals surface area contributed by atoms with Gasteiger partial charge in [-0.05, 0) is 50.0 Å². The molecule has 1 aromatic carbocycles. The third kappa shape index (κ3) is 5.91. The fourth-order valence-electron chi connectivity index (χ4n) is 3.11. The maximum atomic E-state index is 12.6. The Hall–Kier alpha value is -1.15. The van der Waals surface area contributed by atoms with E-state index in [1.54, 1.807) is 6.07 Å². The van der Waals surface area contributed by atoms with Gasteiger partial charge in [0.05, 0.1) is 5.02 Å². The lowest BCUT2D eigenvalue weighted by atomic mass is 10.0. The molecule has 6 nitrogen and oxygen atoms in total. The highest BCUT2D eigenvalue weighted by atomic mass is 35.5. The molecule has 1 atom stereocenters. The first kappa shape index (κ1) is 22.1. The monoisotopic (exact) mass is 415 g/mol. The smallest absolute Gasteiger partial charge is 0.251 e. The predicted molar refractivity (Wildman–Crippen MR) is 109 cm³/mol. The first-order valence-electron chi connectivity index (χ1n) is 9.53. The summed E-state index contributed by atoms with van der Waals surface area (Å²) in [5, 5.41) is 3.06. The van der Waals surface area contributed by atoms with E-state index in [1.165, 1.54) is 12.1 Å². The molecule has 0 aromatic heterocycles. The molecule has 152 valence electrons. The number of likely N-dealkylation sites (N-methyl/N-ethyl adjacent to an activating group) is 1. The molecule has 8 heteroatoms. The first-order chi connectivity index (χ1) is 12.7. The molecule has 0 saturated heterocycles. The van der Waals surface area contributed by atoms with Gasteiger partial charge in [-0.25, -0.2) is 13.1 Å². The highest BCUT2D eigenvalue weighted by Gasteiger charge is 2.30. The van der Waals surface area contributed by atoms with Crippen LogP contribution in [-0.4, -0.2) is 50.9 Å². The zero-order valence-corrected chi connectivity index (χ0v) is 18.0. The lowest BCUT2D eigenvalue weighted by molar-refractivity contribution is 0.0921. The maximum Gasteiger partial charge on any atom is 0.251 e. The highest BCUT2D eigenvalue weighted by molar-refractivity contribution is 7.89. The SMILES string of the molecule is CCN(CC)[C@@H](CNC(=O)c1ccc(Cl)c(S(=O)(=O)NC2CC2)c1)C(C)C. The van der Waals surface area contributed by atoms with Gasteiger partial charge in [0, 0.05) is 24.2 Å². The minimum absolute atomic E-state index is 0.0237. The zero-order chi connectivity index (χ0) is 20.2. The van der Waals surface area contributed by atoms with Crippen molar-refractivity contribution in [2.45, 2.75) is 57.5 Å². The van der Waals surface area contributed by atoms with Crippen molar-refractivity contribution in [2.24, 2.45) is 5.92 Å². The lowest BCUT2D eigenvalue weighted by Gasteiger charge is -2.32. The lowest BCUT2D eigenvalue weighted by Crippen LogP contribution is -2.46. The van der Waals surface area contributed by atoms with Gasteiger partial charge in [0.15, 0.2) is 0 Å². The third-order valence-electron chi connectivity index (χ3n) is 4.90. The molecule has 1 amide bonds. The Labute approximate surface area is 167 Å². The second kappa shape index (κ2) is 9.37. The van der Waals surface area contributed by atoms with Crippen LogP contribution >= 0.6 is 11.6 Å². The van der Waals surface area contributed by atoms with Crippen LogP contribution in [0, 0.1) is 5.92 Å². The molecule has 0 heterocycles. The number of rotatable bonds is 10. The summed E-state index contributed by atoms with van der Waals surface area (Å²) in [4.78, 5) is 14.9. The predicted octanol–water partition coefficient (Wildman–Crippen LogP) is 2.88. The van der Waals surface area contributed by atoms with Gasteiger partial charge in [-0.2, -0.15) is 0 Å². The van der Waals surface area contributed by atoms with Crippen molar-refractivity contribution in [1.29, 1.82) is 0 Å². The van der Waals surface area contributed by atoms with Crippen LogP contribution in [0.2, 0.25) is 5.02 Å². The van der Waals surface area contributed by atoms with Crippen LogP contribution in [0.15, 0.2) is 23.1 Å². The van der Waals surface area contributed by atoms with Gasteiger partial charge in [-0.1, -0.05) is 39.3 Å². The summed E-state index contributed by atoms with van der Waals surface area (Å²) in [6.45, 7) is 10.8. The summed E-state index contributed by atoms with van der Waals surface area (Å²) < 4.78 is 27.5. The summed E-state index contributed by atoms with van der Waals surface area (Å²) >= 11 is 6.08. The van der Waals surface area contributed by atoms with E-state index in [1.807, 2.05) is 0 Å². The molecule has 1 fully saturated rings. The van der Waals surface area contributed by atoms with E-state index in [-0.39, 0.29) is 33.5 Å². The second-order valence-electron chi connectivity index (χ2n) is 7.28. The third-order valence-corrected chi connectivity index (χ3v) is 6.91. The molecular weight excluding hydrogens is 386 g/mol. The number of nitrogens with one attached hydrogen (secondary N) is 2. The molecule has 0 aliphatic heterocycles. The summed E-state index contributed by atoms with van der Waals surface area (Å²) in [5.41, 5.74) is 0.289. The molecule has 1 aromatic rings. The van der Waals surface area contributed by atoms with Crippen LogP contribution in [0.5, 0.6) is 0 Å². The average molecular weight is 416 g/mol. The molecule has 2 N–H and O–H groups in total.